The Kier molecular flexibility index (Phi) is 10.1. The number of hydrogen-bond donors (Lipinski definition) is 0. The molecular weight excluding hydrogens is 434 g/mol. The molecule has 1 nitrogen and oxygen atoms in total. The molecule has 0 saturated heterocycles. The molecule has 1 heteroatoms. The summed E-state index contributed by atoms with van der Waals surface area (Å²) in [6, 6.07) is 11.4. The fourth-order valence-electron chi connectivity index (χ4n) is 6.81. The van der Waals surface area contributed by atoms with E-state index in [0.717, 1.165) is 18.3 Å². The molecule has 3 rings (SSSR count). The molecule has 2 aliphatic rings. The van der Waals surface area contributed by atoms with Gasteiger partial charge >= 0.3 is 0 Å². The van der Waals surface area contributed by atoms with Crippen LogP contribution in [0.5, 0.6) is 0 Å². The molecule has 0 N–H and O–H groups in total. The van der Waals surface area contributed by atoms with E-state index in [1.165, 1.54) is 87.5 Å². The van der Waals surface area contributed by atoms with E-state index in [0.29, 0.717) is 11.3 Å². The van der Waals surface area contributed by atoms with Crippen molar-refractivity contribution in [1.82, 2.24) is 4.90 Å². The highest BCUT2D eigenvalue weighted by Crippen LogP contribution is 2.53. The van der Waals surface area contributed by atoms with Crippen LogP contribution in [0.15, 0.2) is 66.4 Å². The zero-order valence-electron chi connectivity index (χ0n) is 24.5. The van der Waals surface area contributed by atoms with E-state index < -0.39 is 0 Å². The van der Waals surface area contributed by atoms with Crippen LogP contribution in [-0.4, -0.2) is 17.5 Å². The van der Waals surface area contributed by atoms with Crippen LogP contribution in [0.4, 0.5) is 0 Å². The van der Waals surface area contributed by atoms with E-state index in [-0.39, 0.29) is 5.54 Å². The topological polar surface area (TPSA) is 3.24 Å². The van der Waals surface area contributed by atoms with E-state index in [4.69, 9.17) is 0 Å². The summed E-state index contributed by atoms with van der Waals surface area (Å²) in [5.74, 6) is 2.28. The molecule has 2 fully saturated rings. The number of likely N-dealkylation sites (N-methyl/N-ethyl adjacent to an activating group) is 1. The van der Waals surface area contributed by atoms with Crippen LogP contribution in [0.3, 0.4) is 0 Å². The van der Waals surface area contributed by atoms with Crippen molar-refractivity contribution >= 4 is 0 Å². The van der Waals surface area contributed by atoms with E-state index in [2.05, 4.69) is 96.1 Å². The summed E-state index contributed by atoms with van der Waals surface area (Å²) in [6.07, 6.45) is 18.1. The maximum Gasteiger partial charge on any atom is 0.0397 e. The molecule has 1 aromatic carbocycles. The van der Waals surface area contributed by atoms with Gasteiger partial charge in [0.15, 0.2) is 0 Å². The minimum absolute atomic E-state index is 0.0711. The van der Waals surface area contributed by atoms with Crippen molar-refractivity contribution in [1.29, 1.82) is 0 Å². The van der Waals surface area contributed by atoms with Gasteiger partial charge in [-0.05, 0) is 119 Å². The molecule has 0 aromatic heterocycles. The smallest absolute Gasteiger partial charge is 0.0397 e. The van der Waals surface area contributed by atoms with Crippen molar-refractivity contribution < 1.29 is 0 Å². The maximum absolute atomic E-state index is 4.63. The van der Waals surface area contributed by atoms with Crippen molar-refractivity contribution in [2.45, 2.75) is 123 Å². The number of benzene rings is 1. The van der Waals surface area contributed by atoms with Gasteiger partial charge in [0, 0.05) is 18.3 Å². The standard InChI is InChI=1S/C35H55N/c1-9-15-29-24-32(31-17-12-11-13-18-31)26-35(25-29,21-10-2)22-14-16-27(3)33(36(8)34(5,6)7)23-28(4)30-19-20-30/h11-13,17-18,23,29-30,32H,3-4,9-10,14-16,19-22,24-26H2,1-2,5-8H3/b33-23-. The lowest BCUT2D eigenvalue weighted by Gasteiger charge is -2.46. The summed E-state index contributed by atoms with van der Waals surface area (Å²) in [7, 11) is 2.23. The molecule has 0 heterocycles. The molecule has 36 heavy (non-hydrogen) atoms. The molecule has 0 radical (unpaired) electrons. The first-order chi connectivity index (χ1) is 17.1. The molecular formula is C35H55N. The van der Waals surface area contributed by atoms with Gasteiger partial charge in [0.05, 0.1) is 0 Å². The number of rotatable bonds is 13. The average molecular weight is 490 g/mol. The second-order valence-corrected chi connectivity index (χ2v) is 13.2. The van der Waals surface area contributed by atoms with Gasteiger partial charge in [0.1, 0.15) is 0 Å². The lowest BCUT2D eigenvalue weighted by Crippen LogP contribution is -2.38. The van der Waals surface area contributed by atoms with E-state index >= 15 is 0 Å². The molecule has 1 aromatic rings. The number of allylic oxidation sites excluding steroid dienone is 3. The Balaban J connectivity index is 1.74. The Morgan fingerprint density at radius 3 is 2.31 bits per heavy atom. The summed E-state index contributed by atoms with van der Waals surface area (Å²) in [6.45, 7) is 20.7. The Morgan fingerprint density at radius 1 is 1.03 bits per heavy atom. The molecule has 0 spiro atoms. The molecule has 0 bridgehead atoms. The highest BCUT2D eigenvalue weighted by atomic mass is 15.2. The summed E-state index contributed by atoms with van der Waals surface area (Å²) in [5.41, 5.74) is 6.01. The van der Waals surface area contributed by atoms with Gasteiger partial charge in [-0.3, -0.25) is 0 Å². The van der Waals surface area contributed by atoms with Gasteiger partial charge in [-0.25, -0.2) is 0 Å². The Bertz CT molecular complexity index is 881. The van der Waals surface area contributed by atoms with Crippen LogP contribution in [0.25, 0.3) is 0 Å². The fourth-order valence-corrected chi connectivity index (χ4v) is 6.81. The molecule has 3 unspecified atom stereocenters. The monoisotopic (exact) mass is 489 g/mol. The SMILES string of the molecule is C=C(CCCC1(CCC)CC(CCC)CC(c2ccccc2)C1)/C(=C/C(=C)C1CC1)N(C)C(C)(C)C. The predicted octanol–water partition coefficient (Wildman–Crippen LogP) is 10.5. The third-order valence-electron chi connectivity index (χ3n) is 9.11. The quantitative estimate of drug-likeness (QED) is 0.249. The number of nitrogens with zero attached hydrogens (tertiary/aromatic N) is 1. The van der Waals surface area contributed by atoms with Crippen molar-refractivity contribution in [2.75, 3.05) is 7.05 Å². The number of hydrogen-bond acceptors (Lipinski definition) is 1. The minimum atomic E-state index is 0.0711. The van der Waals surface area contributed by atoms with Crippen LogP contribution >= 0.6 is 0 Å². The van der Waals surface area contributed by atoms with Gasteiger partial charge in [-0.1, -0.05) is 82.2 Å². The minimum Gasteiger partial charge on any atom is -0.370 e. The summed E-state index contributed by atoms with van der Waals surface area (Å²) < 4.78 is 0. The third kappa shape index (κ3) is 7.87. The van der Waals surface area contributed by atoms with Crippen LogP contribution in [0, 0.1) is 17.3 Å². The molecule has 2 saturated carbocycles. The zero-order chi connectivity index (χ0) is 26.3. The maximum atomic E-state index is 4.63. The van der Waals surface area contributed by atoms with Crippen LogP contribution in [0.2, 0.25) is 0 Å². The highest BCUT2D eigenvalue weighted by molar-refractivity contribution is 5.36. The van der Waals surface area contributed by atoms with E-state index in [1.807, 2.05) is 0 Å². The molecule has 0 amide bonds. The first-order valence-electron chi connectivity index (χ1n) is 15.0. The van der Waals surface area contributed by atoms with E-state index in [9.17, 15) is 0 Å². The van der Waals surface area contributed by atoms with Gasteiger partial charge in [0.25, 0.3) is 0 Å². The molecule has 0 aliphatic heterocycles. The van der Waals surface area contributed by atoms with Crippen LogP contribution in [-0.2, 0) is 0 Å². The van der Waals surface area contributed by atoms with E-state index in [1.54, 1.807) is 5.56 Å². The van der Waals surface area contributed by atoms with Crippen molar-refractivity contribution in [3.05, 3.63) is 72.0 Å². The zero-order valence-corrected chi connectivity index (χ0v) is 24.5. The van der Waals surface area contributed by atoms with Gasteiger partial charge < -0.3 is 4.90 Å². The summed E-state index contributed by atoms with van der Waals surface area (Å²) in [4.78, 5) is 2.42. The van der Waals surface area contributed by atoms with Gasteiger partial charge in [0.2, 0.25) is 0 Å². The fraction of sp³-hybridized carbons (Fsp3) is 0.657. The van der Waals surface area contributed by atoms with Gasteiger partial charge in [-0.15, -0.1) is 0 Å². The Hall–Kier alpha value is -1.76. The summed E-state index contributed by atoms with van der Waals surface area (Å²) >= 11 is 0. The lowest BCUT2D eigenvalue weighted by molar-refractivity contribution is 0.0889. The lowest BCUT2D eigenvalue weighted by atomic mass is 9.59. The summed E-state index contributed by atoms with van der Waals surface area (Å²) in [5, 5.41) is 0. The molecule has 200 valence electrons. The molecule has 3 atom stereocenters. The largest absolute Gasteiger partial charge is 0.370 e. The second kappa shape index (κ2) is 12.7. The van der Waals surface area contributed by atoms with Crippen molar-refractivity contribution in [3.63, 3.8) is 0 Å². The third-order valence-corrected chi connectivity index (χ3v) is 9.11. The van der Waals surface area contributed by atoms with Crippen LogP contribution < -0.4 is 0 Å². The normalized spacial score (nSPS) is 25.0. The van der Waals surface area contributed by atoms with Crippen molar-refractivity contribution in [2.24, 2.45) is 17.3 Å². The second-order valence-electron chi connectivity index (χ2n) is 13.2. The predicted molar refractivity (Wildman–Crippen MR) is 159 cm³/mol. The first kappa shape index (κ1) is 28.8. The van der Waals surface area contributed by atoms with Crippen LogP contribution in [0.1, 0.15) is 123 Å². The Labute approximate surface area is 224 Å². The average Bonchev–Trinajstić information content (AvgIpc) is 3.68. The highest BCUT2D eigenvalue weighted by Gasteiger charge is 2.39. The van der Waals surface area contributed by atoms with Crippen molar-refractivity contribution in [3.8, 4) is 0 Å². The van der Waals surface area contributed by atoms with Gasteiger partial charge in [-0.2, -0.15) is 0 Å². The first-order valence-corrected chi connectivity index (χ1v) is 15.0. The molecule has 2 aliphatic carbocycles. The Morgan fingerprint density at radius 2 is 1.72 bits per heavy atom.